The number of aromatic amines is 1. The highest BCUT2D eigenvalue weighted by atomic mass is 31.2. The quantitative estimate of drug-likeness (QED) is 0.246. The number of hydrogen-bond acceptors (Lipinski definition) is 5. The van der Waals surface area contributed by atoms with Gasteiger partial charge in [0.15, 0.2) is 0 Å². The smallest absolute Gasteiger partial charge is 0.351 e. The fraction of sp³-hybridized carbons (Fsp3) is 0.400. The average molecular weight is 646 g/mol. The lowest BCUT2D eigenvalue weighted by molar-refractivity contribution is -0.145. The van der Waals surface area contributed by atoms with E-state index in [0.29, 0.717) is 25.8 Å². The number of nitrogens with one attached hydrogen (secondary N) is 3. The van der Waals surface area contributed by atoms with E-state index in [1.165, 1.54) is 22.8 Å². The summed E-state index contributed by atoms with van der Waals surface area (Å²) in [5.74, 6) is -1.91. The van der Waals surface area contributed by atoms with Gasteiger partial charge in [0.25, 0.3) is 5.91 Å². The summed E-state index contributed by atoms with van der Waals surface area (Å²) in [6.45, 7) is 3.38. The molecule has 2 aliphatic rings. The molecule has 240 valence electrons. The maximum atomic E-state index is 14.3. The third kappa shape index (κ3) is 6.49. The minimum atomic E-state index is -5.80. The first-order valence-electron chi connectivity index (χ1n) is 14.5. The zero-order valence-electron chi connectivity index (χ0n) is 24.6. The SMILES string of the molecule is CC(=O)N1CC[C@H]2CC[C@@H](C(=O)NC(C)c3ccccc3)N2C(=O)[C@@H](NC(=O)c2cc3cc(C(F)(F)P(=O)(O)O)ccc3[nH]2)C1. The minimum Gasteiger partial charge on any atom is -0.351 e. The van der Waals surface area contributed by atoms with Crippen LogP contribution in [0.2, 0.25) is 0 Å². The van der Waals surface area contributed by atoms with Crippen LogP contribution in [-0.4, -0.2) is 79.4 Å². The second-order valence-corrected chi connectivity index (χ2v) is 13.1. The Bertz CT molecular complexity index is 1680. The standard InChI is InChI=1S/C30H34F2N5O7P/c1-17(19-6-4-3-5-7-19)33-28(40)26-11-9-22-12-13-36(18(2)38)16-25(29(41)37(22)26)35-27(39)24-15-20-14-21(8-10-23(20)34-24)30(31,32)45(42,43)44/h3-8,10,14-15,17,22,25-26,34H,9,11-13,16H2,1-2H3,(H,33,40)(H,35,39)(H2,42,43,44)/t17?,22-,25+,26+/m1/s1. The first-order valence-corrected chi connectivity index (χ1v) is 16.1. The van der Waals surface area contributed by atoms with Gasteiger partial charge in [-0.2, -0.15) is 8.78 Å². The lowest BCUT2D eigenvalue weighted by atomic mass is 10.1. The molecule has 1 aromatic heterocycles. The number of amides is 4. The Morgan fingerprint density at radius 3 is 2.44 bits per heavy atom. The first-order chi connectivity index (χ1) is 21.2. The van der Waals surface area contributed by atoms with Crippen molar-refractivity contribution < 1.29 is 42.3 Å². The summed E-state index contributed by atoms with van der Waals surface area (Å²) in [4.78, 5) is 77.2. The molecular weight excluding hydrogens is 611 g/mol. The van der Waals surface area contributed by atoms with Gasteiger partial charge in [-0.05, 0) is 49.9 Å². The van der Waals surface area contributed by atoms with Gasteiger partial charge in [-0.25, -0.2) is 0 Å². The molecule has 2 saturated heterocycles. The Balaban J connectivity index is 1.38. The Labute approximate surface area is 257 Å². The molecule has 15 heteroatoms. The Hall–Kier alpha value is -4.13. The molecule has 2 fully saturated rings. The highest BCUT2D eigenvalue weighted by Crippen LogP contribution is 2.59. The van der Waals surface area contributed by atoms with Crippen LogP contribution in [0.4, 0.5) is 8.78 Å². The summed E-state index contributed by atoms with van der Waals surface area (Å²) < 4.78 is 39.9. The number of benzene rings is 2. The van der Waals surface area contributed by atoms with Gasteiger partial charge in [0, 0.05) is 42.5 Å². The normalized spacial score (nSPS) is 21.6. The van der Waals surface area contributed by atoms with Crippen molar-refractivity contribution in [2.24, 2.45) is 0 Å². The molecule has 5 rings (SSSR count). The highest BCUT2D eigenvalue weighted by molar-refractivity contribution is 7.52. The molecule has 3 aromatic rings. The van der Waals surface area contributed by atoms with Crippen molar-refractivity contribution in [3.8, 4) is 0 Å². The summed E-state index contributed by atoms with van der Waals surface area (Å²) in [5, 5.41) is 5.72. The van der Waals surface area contributed by atoms with Gasteiger partial charge in [0.2, 0.25) is 17.7 Å². The largest absolute Gasteiger partial charge is 0.399 e. The first kappa shape index (κ1) is 32.3. The van der Waals surface area contributed by atoms with Gasteiger partial charge in [0.1, 0.15) is 17.8 Å². The summed E-state index contributed by atoms with van der Waals surface area (Å²) in [6.07, 6.45) is 1.42. The summed E-state index contributed by atoms with van der Waals surface area (Å²) in [7, 11) is -5.80. The van der Waals surface area contributed by atoms with E-state index in [9.17, 15) is 32.5 Å². The van der Waals surface area contributed by atoms with E-state index in [1.807, 2.05) is 37.3 Å². The Morgan fingerprint density at radius 1 is 1.07 bits per heavy atom. The zero-order valence-corrected chi connectivity index (χ0v) is 25.5. The fourth-order valence-electron chi connectivity index (χ4n) is 6.01. The van der Waals surface area contributed by atoms with Gasteiger partial charge >= 0.3 is 13.3 Å². The second kappa shape index (κ2) is 12.3. The van der Waals surface area contributed by atoms with Crippen molar-refractivity contribution in [1.82, 2.24) is 25.4 Å². The number of halogens is 2. The van der Waals surface area contributed by atoms with E-state index in [2.05, 4.69) is 15.6 Å². The molecule has 0 aliphatic carbocycles. The van der Waals surface area contributed by atoms with E-state index in [1.54, 1.807) is 0 Å². The monoisotopic (exact) mass is 645 g/mol. The van der Waals surface area contributed by atoms with Crippen LogP contribution in [0.5, 0.6) is 0 Å². The molecule has 45 heavy (non-hydrogen) atoms. The minimum absolute atomic E-state index is 0.0870. The number of alkyl halides is 2. The lowest BCUT2D eigenvalue weighted by Gasteiger charge is -2.38. The third-order valence-electron chi connectivity index (χ3n) is 8.48. The van der Waals surface area contributed by atoms with Crippen molar-refractivity contribution in [3.05, 3.63) is 71.4 Å². The van der Waals surface area contributed by atoms with Crippen LogP contribution >= 0.6 is 7.60 Å². The van der Waals surface area contributed by atoms with Crippen LogP contribution in [0.1, 0.15) is 60.8 Å². The Kier molecular flexibility index (Phi) is 8.85. The van der Waals surface area contributed by atoms with E-state index < -0.39 is 42.7 Å². The molecule has 4 atom stereocenters. The van der Waals surface area contributed by atoms with Gasteiger partial charge in [-0.15, -0.1) is 0 Å². The van der Waals surface area contributed by atoms with Crippen molar-refractivity contribution in [3.63, 3.8) is 0 Å². The maximum absolute atomic E-state index is 14.3. The lowest BCUT2D eigenvalue weighted by Crippen LogP contribution is -2.61. The number of carbonyl (C=O) groups excluding carboxylic acids is 4. The number of hydrogen-bond donors (Lipinski definition) is 5. The van der Waals surface area contributed by atoms with E-state index >= 15 is 0 Å². The molecule has 4 amide bonds. The molecule has 0 radical (unpaired) electrons. The van der Waals surface area contributed by atoms with E-state index in [0.717, 1.165) is 23.8 Å². The van der Waals surface area contributed by atoms with Gasteiger partial charge in [-0.3, -0.25) is 23.7 Å². The molecule has 0 spiro atoms. The van der Waals surface area contributed by atoms with Crippen molar-refractivity contribution in [1.29, 1.82) is 0 Å². The maximum Gasteiger partial charge on any atom is 0.399 e. The van der Waals surface area contributed by atoms with Gasteiger partial charge in [0.05, 0.1) is 6.04 Å². The molecule has 1 unspecified atom stereocenters. The number of H-pyrrole nitrogens is 1. The van der Waals surface area contributed by atoms with Crippen LogP contribution < -0.4 is 10.6 Å². The number of carbonyl (C=O) groups is 4. The fourth-order valence-corrected chi connectivity index (χ4v) is 6.48. The van der Waals surface area contributed by atoms with Crippen LogP contribution in [0.3, 0.4) is 0 Å². The van der Waals surface area contributed by atoms with Crippen molar-refractivity contribution >= 4 is 42.1 Å². The number of rotatable bonds is 7. The molecule has 2 aromatic carbocycles. The van der Waals surface area contributed by atoms with Crippen LogP contribution in [0, 0.1) is 0 Å². The van der Waals surface area contributed by atoms with E-state index in [-0.39, 0.29) is 47.0 Å². The summed E-state index contributed by atoms with van der Waals surface area (Å²) >= 11 is 0. The second-order valence-electron chi connectivity index (χ2n) is 11.5. The van der Waals surface area contributed by atoms with Gasteiger partial charge < -0.3 is 35.2 Å². The number of aromatic nitrogens is 1. The van der Waals surface area contributed by atoms with Crippen LogP contribution in [-0.2, 0) is 24.6 Å². The Morgan fingerprint density at radius 2 is 1.78 bits per heavy atom. The third-order valence-corrected chi connectivity index (χ3v) is 9.47. The molecule has 2 aliphatic heterocycles. The topological polar surface area (TPSA) is 172 Å². The van der Waals surface area contributed by atoms with Crippen LogP contribution in [0.25, 0.3) is 10.9 Å². The number of nitrogens with zero attached hydrogens (tertiary/aromatic N) is 2. The molecular formula is C30H34F2N5O7P. The molecule has 0 saturated carbocycles. The average Bonchev–Trinajstić information content (AvgIpc) is 3.61. The summed E-state index contributed by atoms with van der Waals surface area (Å²) in [5.41, 5.74) is -4.32. The molecule has 3 heterocycles. The van der Waals surface area contributed by atoms with E-state index in [4.69, 9.17) is 9.79 Å². The predicted octanol–water partition coefficient (Wildman–Crippen LogP) is 2.98. The van der Waals surface area contributed by atoms with Crippen LogP contribution in [0.15, 0.2) is 54.6 Å². The van der Waals surface area contributed by atoms with Crippen molar-refractivity contribution in [2.45, 2.75) is 62.9 Å². The zero-order chi connectivity index (χ0) is 32.7. The number of fused-ring (bicyclic) bond motifs is 2. The predicted molar refractivity (Wildman–Crippen MR) is 159 cm³/mol. The summed E-state index contributed by atoms with van der Waals surface area (Å²) in [6, 6.07) is 10.8. The molecule has 5 N–H and O–H groups in total. The highest BCUT2D eigenvalue weighted by Gasteiger charge is 2.50. The van der Waals surface area contributed by atoms with Crippen molar-refractivity contribution in [2.75, 3.05) is 13.1 Å². The van der Waals surface area contributed by atoms with Gasteiger partial charge in [-0.1, -0.05) is 36.4 Å². The molecule has 0 bridgehead atoms. The molecule has 12 nitrogen and oxygen atoms in total.